The number of hydrogen-bond donors (Lipinski definition) is 0. The third-order valence-electron chi connectivity index (χ3n) is 3.84. The molecule has 0 aliphatic rings. The zero-order valence-electron chi connectivity index (χ0n) is 14.0. The Hall–Kier alpha value is -3.25. The minimum atomic E-state index is -0.148. The average Bonchev–Trinajstić information content (AvgIpc) is 3.20. The van der Waals surface area contributed by atoms with Crippen LogP contribution in [-0.4, -0.2) is 21.7 Å². The summed E-state index contributed by atoms with van der Waals surface area (Å²) in [6.07, 6.45) is 5.55. The first-order chi connectivity index (χ1) is 12.7. The smallest absolute Gasteiger partial charge is 0.291 e. The number of nitrogens with zero attached hydrogens (tertiary/aromatic N) is 3. The molecule has 128 valence electrons. The molecule has 0 unspecified atom stereocenters. The van der Waals surface area contributed by atoms with Crippen LogP contribution < -0.4 is 14.8 Å². The monoisotopic (exact) mass is 361 g/mol. The fourth-order valence-electron chi connectivity index (χ4n) is 2.51. The van der Waals surface area contributed by atoms with Crippen LogP contribution in [0.1, 0.15) is 17.0 Å². The van der Waals surface area contributed by atoms with Crippen molar-refractivity contribution in [1.29, 1.82) is 0 Å². The molecule has 0 saturated heterocycles. The van der Waals surface area contributed by atoms with E-state index in [1.54, 1.807) is 13.2 Å². The summed E-state index contributed by atoms with van der Waals surface area (Å²) in [6, 6.07) is 17.4. The topological polar surface area (TPSA) is 56.5 Å². The molecule has 4 rings (SSSR count). The Balaban J connectivity index is 1.63. The summed E-state index contributed by atoms with van der Waals surface area (Å²) in [7, 11) is 1.64. The molecule has 0 fully saturated rings. The fraction of sp³-hybridized carbons (Fsp3) is 0.0500. The molecule has 0 aliphatic heterocycles. The van der Waals surface area contributed by atoms with E-state index in [9.17, 15) is 4.79 Å². The van der Waals surface area contributed by atoms with E-state index in [0.29, 0.717) is 15.3 Å². The first-order valence-corrected chi connectivity index (χ1v) is 8.83. The second-order valence-electron chi connectivity index (χ2n) is 5.60. The van der Waals surface area contributed by atoms with Crippen LogP contribution >= 0.6 is 11.3 Å². The van der Waals surface area contributed by atoms with Gasteiger partial charge in [-0.25, -0.2) is 0 Å². The molecule has 0 atom stereocenters. The lowest BCUT2D eigenvalue weighted by Gasteiger charge is -1.98. The zero-order chi connectivity index (χ0) is 17.9. The molecule has 6 heteroatoms. The van der Waals surface area contributed by atoms with E-state index in [0.717, 1.165) is 16.9 Å². The van der Waals surface area contributed by atoms with Gasteiger partial charge in [0.25, 0.3) is 5.56 Å². The van der Waals surface area contributed by atoms with Gasteiger partial charge in [0.15, 0.2) is 5.82 Å². The van der Waals surface area contributed by atoms with Gasteiger partial charge >= 0.3 is 0 Å². The lowest BCUT2D eigenvalue weighted by molar-refractivity contribution is 0.415. The second-order valence-corrected chi connectivity index (χ2v) is 6.61. The summed E-state index contributed by atoms with van der Waals surface area (Å²) >= 11 is 1.34. The van der Waals surface area contributed by atoms with Gasteiger partial charge in [-0.2, -0.15) is 9.50 Å². The van der Waals surface area contributed by atoms with Crippen molar-refractivity contribution in [1.82, 2.24) is 14.6 Å². The van der Waals surface area contributed by atoms with Crippen molar-refractivity contribution < 1.29 is 4.74 Å². The zero-order valence-corrected chi connectivity index (χ0v) is 14.8. The maximum Gasteiger partial charge on any atom is 0.291 e. The average molecular weight is 361 g/mol. The highest BCUT2D eigenvalue weighted by atomic mass is 32.1. The van der Waals surface area contributed by atoms with Crippen molar-refractivity contribution >= 4 is 34.5 Å². The van der Waals surface area contributed by atoms with Crippen LogP contribution in [-0.2, 0) is 0 Å². The number of ether oxygens (including phenoxy) is 1. The number of benzene rings is 2. The van der Waals surface area contributed by atoms with Crippen LogP contribution in [0, 0.1) is 0 Å². The maximum atomic E-state index is 12.5. The van der Waals surface area contributed by atoms with Crippen LogP contribution in [0.2, 0.25) is 0 Å². The highest BCUT2D eigenvalue weighted by Crippen LogP contribution is 2.13. The molecule has 0 amide bonds. The van der Waals surface area contributed by atoms with Crippen molar-refractivity contribution in [3.63, 3.8) is 0 Å². The summed E-state index contributed by atoms with van der Waals surface area (Å²) < 4.78 is 7.12. The van der Waals surface area contributed by atoms with Crippen LogP contribution in [0.5, 0.6) is 5.75 Å². The van der Waals surface area contributed by atoms with Crippen molar-refractivity contribution in [3.8, 4) is 5.75 Å². The van der Waals surface area contributed by atoms with Crippen LogP contribution in [0.3, 0.4) is 0 Å². The minimum Gasteiger partial charge on any atom is -0.497 e. The summed E-state index contributed by atoms with van der Waals surface area (Å²) in [6.45, 7) is 0. The van der Waals surface area contributed by atoms with Crippen molar-refractivity contribution in [2.75, 3.05) is 7.11 Å². The number of hydrogen-bond acceptors (Lipinski definition) is 5. The van der Waals surface area contributed by atoms with Gasteiger partial charge in [-0.1, -0.05) is 59.9 Å². The summed E-state index contributed by atoms with van der Waals surface area (Å²) in [4.78, 5) is 17.5. The number of thiazole rings is 1. The van der Waals surface area contributed by atoms with Crippen LogP contribution in [0.4, 0.5) is 0 Å². The molecule has 0 bridgehead atoms. The maximum absolute atomic E-state index is 12.5. The molecule has 0 saturated carbocycles. The van der Waals surface area contributed by atoms with Crippen molar-refractivity contribution in [2.45, 2.75) is 0 Å². The van der Waals surface area contributed by atoms with E-state index in [4.69, 9.17) is 4.74 Å². The van der Waals surface area contributed by atoms with E-state index >= 15 is 0 Å². The molecule has 5 nitrogen and oxygen atoms in total. The molecule has 0 N–H and O–H groups in total. The largest absolute Gasteiger partial charge is 0.497 e. The lowest BCUT2D eigenvalue weighted by Crippen LogP contribution is -2.23. The third-order valence-corrected chi connectivity index (χ3v) is 4.80. The predicted molar refractivity (Wildman–Crippen MR) is 104 cm³/mol. The fourth-order valence-corrected chi connectivity index (χ4v) is 3.42. The van der Waals surface area contributed by atoms with Gasteiger partial charge in [0.05, 0.1) is 11.6 Å². The molecule has 0 aliphatic carbocycles. The van der Waals surface area contributed by atoms with Gasteiger partial charge in [0, 0.05) is 0 Å². The lowest BCUT2D eigenvalue weighted by atomic mass is 10.2. The van der Waals surface area contributed by atoms with Gasteiger partial charge in [0.1, 0.15) is 5.75 Å². The normalized spacial score (nSPS) is 12.3. The van der Waals surface area contributed by atoms with Gasteiger partial charge < -0.3 is 4.74 Å². The molecule has 0 spiro atoms. The molecule has 2 heterocycles. The van der Waals surface area contributed by atoms with E-state index in [-0.39, 0.29) is 5.56 Å². The Morgan fingerprint density at radius 2 is 1.77 bits per heavy atom. The Morgan fingerprint density at radius 1 is 1.00 bits per heavy atom. The molecular weight excluding hydrogens is 346 g/mol. The SMILES string of the molecule is COc1ccc(C=Cc2nc3sc(=Cc4ccccc4)c(=O)n3n2)cc1. The van der Waals surface area contributed by atoms with Gasteiger partial charge in [-0.15, -0.1) is 5.10 Å². The Morgan fingerprint density at radius 3 is 2.46 bits per heavy atom. The van der Waals surface area contributed by atoms with E-state index in [1.165, 1.54) is 15.9 Å². The summed E-state index contributed by atoms with van der Waals surface area (Å²) in [5.74, 6) is 1.32. The number of rotatable bonds is 4. The number of fused-ring (bicyclic) bond motifs is 1. The first kappa shape index (κ1) is 16.2. The number of methoxy groups -OCH3 is 1. The van der Waals surface area contributed by atoms with E-state index < -0.39 is 0 Å². The molecule has 2 aromatic carbocycles. The van der Waals surface area contributed by atoms with Crippen molar-refractivity contribution in [3.05, 3.63) is 86.4 Å². The van der Waals surface area contributed by atoms with Crippen LogP contribution in [0.25, 0.3) is 23.2 Å². The summed E-state index contributed by atoms with van der Waals surface area (Å²) in [5, 5.41) is 4.30. The van der Waals surface area contributed by atoms with Crippen LogP contribution in [0.15, 0.2) is 59.4 Å². The Labute approximate surface area is 153 Å². The van der Waals surface area contributed by atoms with Crippen molar-refractivity contribution in [2.24, 2.45) is 0 Å². The van der Waals surface area contributed by atoms with Gasteiger partial charge in [-0.3, -0.25) is 4.79 Å². The predicted octanol–water partition coefficient (Wildman–Crippen LogP) is 2.88. The standard InChI is InChI=1S/C20H15N3O2S/c1-25-16-10-7-14(8-11-16)9-12-18-21-20-23(22-18)19(24)17(26-20)13-15-5-3-2-4-6-15/h2-13H,1H3. The quantitative estimate of drug-likeness (QED) is 0.561. The Bertz CT molecular complexity index is 1180. The Kier molecular flexibility index (Phi) is 4.33. The number of aromatic nitrogens is 3. The van der Waals surface area contributed by atoms with Gasteiger partial charge in [-0.05, 0) is 35.4 Å². The van der Waals surface area contributed by atoms with E-state index in [2.05, 4.69) is 10.1 Å². The molecular formula is C20H15N3O2S. The minimum absolute atomic E-state index is 0.148. The van der Waals surface area contributed by atoms with Gasteiger partial charge in [0.2, 0.25) is 4.96 Å². The molecule has 2 aromatic heterocycles. The highest BCUT2D eigenvalue weighted by Gasteiger charge is 2.08. The summed E-state index contributed by atoms with van der Waals surface area (Å²) in [5.41, 5.74) is 1.84. The molecule has 4 aromatic rings. The first-order valence-electron chi connectivity index (χ1n) is 8.01. The molecule has 0 radical (unpaired) electrons. The van der Waals surface area contributed by atoms with E-state index in [1.807, 2.05) is 66.7 Å². The molecule has 26 heavy (non-hydrogen) atoms. The second kappa shape index (κ2) is 6.93. The highest BCUT2D eigenvalue weighted by molar-refractivity contribution is 7.15. The third kappa shape index (κ3) is 3.27.